The molecule has 0 aliphatic carbocycles. The van der Waals surface area contributed by atoms with Gasteiger partial charge in [-0.15, -0.1) is 0 Å². The van der Waals surface area contributed by atoms with Gasteiger partial charge in [-0.2, -0.15) is 0 Å². The van der Waals surface area contributed by atoms with Crippen LogP contribution in [-0.2, 0) is 4.74 Å². The summed E-state index contributed by atoms with van der Waals surface area (Å²) in [6.45, 7) is 1.65. The molecule has 0 amide bonds. The minimum Gasteiger partial charge on any atom is -0.453 e. The highest BCUT2D eigenvalue weighted by Gasteiger charge is 1.90. The Kier molecular flexibility index (Phi) is 2.62. The van der Waals surface area contributed by atoms with Gasteiger partial charge in [0.1, 0.15) is 6.23 Å². The van der Waals surface area contributed by atoms with E-state index in [-0.39, 0.29) is 5.17 Å². The molecule has 0 aliphatic heterocycles. The SMILES string of the molecule is CC(N)OC(N)=S. The van der Waals surface area contributed by atoms with Gasteiger partial charge in [-0.1, -0.05) is 0 Å². The lowest BCUT2D eigenvalue weighted by Crippen LogP contribution is -2.26. The van der Waals surface area contributed by atoms with E-state index in [1.54, 1.807) is 6.92 Å². The van der Waals surface area contributed by atoms with Gasteiger partial charge in [-0.05, 0) is 19.1 Å². The molecular formula is C3H8N2OS. The number of thiocarbonyl (C=S) groups is 1. The third-order valence-corrected chi connectivity index (χ3v) is 0.398. The Balaban J connectivity index is 3.13. The Morgan fingerprint density at radius 1 is 1.86 bits per heavy atom. The van der Waals surface area contributed by atoms with Gasteiger partial charge in [0.2, 0.25) is 0 Å². The molecule has 0 spiro atoms. The van der Waals surface area contributed by atoms with Crippen LogP contribution in [0.25, 0.3) is 0 Å². The van der Waals surface area contributed by atoms with E-state index in [0.717, 1.165) is 0 Å². The highest BCUT2D eigenvalue weighted by molar-refractivity contribution is 7.80. The van der Waals surface area contributed by atoms with E-state index >= 15 is 0 Å². The van der Waals surface area contributed by atoms with Crippen LogP contribution in [0.3, 0.4) is 0 Å². The molecule has 0 fully saturated rings. The van der Waals surface area contributed by atoms with E-state index in [2.05, 4.69) is 17.0 Å². The summed E-state index contributed by atoms with van der Waals surface area (Å²) in [7, 11) is 0. The molecule has 0 aromatic rings. The molecule has 0 aromatic heterocycles. The van der Waals surface area contributed by atoms with Gasteiger partial charge in [0.05, 0.1) is 0 Å². The molecular weight excluding hydrogens is 112 g/mol. The van der Waals surface area contributed by atoms with E-state index in [4.69, 9.17) is 11.5 Å². The van der Waals surface area contributed by atoms with Gasteiger partial charge in [-0.25, -0.2) is 0 Å². The number of rotatable bonds is 1. The van der Waals surface area contributed by atoms with E-state index in [1.165, 1.54) is 0 Å². The Bertz CT molecular complexity index is 73.3. The highest BCUT2D eigenvalue weighted by Crippen LogP contribution is 1.76. The summed E-state index contributed by atoms with van der Waals surface area (Å²) in [6.07, 6.45) is -0.391. The minimum absolute atomic E-state index is 0.00463. The zero-order chi connectivity index (χ0) is 5.86. The average Bonchev–Trinajstić information content (AvgIpc) is 1.27. The van der Waals surface area contributed by atoms with E-state index in [9.17, 15) is 0 Å². The van der Waals surface area contributed by atoms with E-state index < -0.39 is 6.23 Å². The summed E-state index contributed by atoms with van der Waals surface area (Å²) < 4.78 is 4.54. The first-order chi connectivity index (χ1) is 3.13. The molecule has 4 N–H and O–H groups in total. The number of ether oxygens (including phenoxy) is 1. The largest absolute Gasteiger partial charge is 0.453 e. The maximum absolute atomic E-state index is 5.10. The molecule has 0 radical (unpaired) electrons. The predicted octanol–water partition coefficient (Wildman–Crippen LogP) is -0.449. The van der Waals surface area contributed by atoms with Gasteiger partial charge >= 0.3 is 0 Å². The fraction of sp³-hybridized carbons (Fsp3) is 0.667. The lowest BCUT2D eigenvalue weighted by molar-refractivity contribution is 0.219. The van der Waals surface area contributed by atoms with Crippen molar-refractivity contribution in [1.29, 1.82) is 0 Å². The van der Waals surface area contributed by atoms with Crippen LogP contribution in [0, 0.1) is 0 Å². The van der Waals surface area contributed by atoms with Crippen LogP contribution in [0.4, 0.5) is 0 Å². The molecule has 7 heavy (non-hydrogen) atoms. The van der Waals surface area contributed by atoms with Crippen molar-refractivity contribution in [3.63, 3.8) is 0 Å². The van der Waals surface area contributed by atoms with Crippen LogP contribution in [0.15, 0.2) is 0 Å². The minimum atomic E-state index is -0.391. The standard InChI is InChI=1S/C3H8N2OS/c1-2(4)6-3(5)7/h2H,4H2,1H3,(H2,5,7). The molecule has 1 atom stereocenters. The van der Waals surface area contributed by atoms with E-state index in [1.807, 2.05) is 0 Å². The van der Waals surface area contributed by atoms with Gasteiger partial charge in [0, 0.05) is 0 Å². The molecule has 0 aromatic carbocycles. The molecule has 0 saturated heterocycles. The molecule has 0 rings (SSSR count). The molecule has 3 nitrogen and oxygen atoms in total. The summed E-state index contributed by atoms with van der Waals surface area (Å²) in [5, 5.41) is -0.00463. The van der Waals surface area contributed by atoms with Crippen molar-refractivity contribution in [3.05, 3.63) is 0 Å². The quantitative estimate of drug-likeness (QED) is 0.363. The third kappa shape index (κ3) is 5.65. The second kappa shape index (κ2) is 2.76. The lowest BCUT2D eigenvalue weighted by atomic mass is 10.7. The van der Waals surface area contributed by atoms with Crippen molar-refractivity contribution in [2.75, 3.05) is 0 Å². The first-order valence-corrected chi connectivity index (χ1v) is 2.25. The molecule has 0 saturated carbocycles. The highest BCUT2D eigenvalue weighted by atomic mass is 32.1. The Morgan fingerprint density at radius 2 is 2.29 bits per heavy atom. The molecule has 42 valence electrons. The van der Waals surface area contributed by atoms with Gasteiger partial charge in [0.25, 0.3) is 5.17 Å². The molecule has 1 unspecified atom stereocenters. The average molecular weight is 120 g/mol. The smallest absolute Gasteiger partial charge is 0.255 e. The number of nitrogens with two attached hydrogens (primary N) is 2. The zero-order valence-corrected chi connectivity index (χ0v) is 4.87. The van der Waals surface area contributed by atoms with Crippen molar-refractivity contribution in [2.45, 2.75) is 13.2 Å². The predicted molar refractivity (Wildman–Crippen MR) is 31.5 cm³/mol. The topological polar surface area (TPSA) is 61.3 Å². The molecule has 0 heterocycles. The van der Waals surface area contributed by atoms with Gasteiger partial charge < -0.3 is 10.5 Å². The van der Waals surface area contributed by atoms with Crippen LogP contribution in [0.2, 0.25) is 0 Å². The summed E-state index contributed by atoms with van der Waals surface area (Å²) in [5.41, 5.74) is 10.0. The van der Waals surface area contributed by atoms with Crippen molar-refractivity contribution < 1.29 is 4.74 Å². The summed E-state index contributed by atoms with van der Waals surface area (Å²) in [6, 6.07) is 0. The second-order valence-electron chi connectivity index (χ2n) is 1.14. The monoisotopic (exact) mass is 120 g/mol. The van der Waals surface area contributed by atoms with Crippen molar-refractivity contribution in [1.82, 2.24) is 0 Å². The van der Waals surface area contributed by atoms with Crippen LogP contribution in [-0.4, -0.2) is 11.4 Å². The van der Waals surface area contributed by atoms with Gasteiger partial charge in [0.15, 0.2) is 0 Å². The molecule has 0 aliphatic rings. The third-order valence-electron chi connectivity index (χ3n) is 0.302. The maximum Gasteiger partial charge on any atom is 0.255 e. The van der Waals surface area contributed by atoms with Crippen LogP contribution >= 0.6 is 12.2 Å². The lowest BCUT2D eigenvalue weighted by Gasteiger charge is -2.04. The summed E-state index contributed by atoms with van der Waals surface area (Å²) in [4.78, 5) is 0. The Labute approximate surface area is 47.6 Å². The molecule has 4 heteroatoms. The van der Waals surface area contributed by atoms with Crippen molar-refractivity contribution in [2.24, 2.45) is 11.5 Å². The Hall–Kier alpha value is -0.350. The number of hydrogen-bond donors (Lipinski definition) is 2. The van der Waals surface area contributed by atoms with Crippen LogP contribution in [0.5, 0.6) is 0 Å². The second-order valence-corrected chi connectivity index (χ2v) is 1.54. The number of hydrogen-bond acceptors (Lipinski definition) is 3. The first-order valence-electron chi connectivity index (χ1n) is 1.84. The molecule has 0 bridgehead atoms. The Morgan fingerprint density at radius 3 is 2.29 bits per heavy atom. The van der Waals surface area contributed by atoms with Gasteiger partial charge in [-0.3, -0.25) is 5.73 Å². The van der Waals surface area contributed by atoms with E-state index in [0.29, 0.717) is 0 Å². The van der Waals surface area contributed by atoms with Crippen molar-refractivity contribution >= 4 is 17.4 Å². The normalized spacial score (nSPS) is 12.9. The van der Waals surface area contributed by atoms with Crippen LogP contribution in [0.1, 0.15) is 6.92 Å². The summed E-state index contributed by atoms with van der Waals surface area (Å²) in [5.74, 6) is 0. The maximum atomic E-state index is 5.10. The first kappa shape index (κ1) is 6.65. The fourth-order valence-corrected chi connectivity index (χ4v) is 0.335. The summed E-state index contributed by atoms with van der Waals surface area (Å²) >= 11 is 4.35. The van der Waals surface area contributed by atoms with Crippen molar-refractivity contribution in [3.8, 4) is 0 Å². The fourth-order valence-electron chi connectivity index (χ4n) is 0.183. The zero-order valence-electron chi connectivity index (χ0n) is 4.05. The van der Waals surface area contributed by atoms with Crippen LogP contribution < -0.4 is 11.5 Å².